The Kier molecular flexibility index (Phi) is 5.18. The molecule has 0 aromatic carbocycles. The van der Waals surface area contributed by atoms with Crippen LogP contribution in [0.3, 0.4) is 0 Å². The van der Waals surface area contributed by atoms with Crippen LogP contribution in [0.15, 0.2) is 24.5 Å². The number of hydrogen-bond acceptors (Lipinski definition) is 2. The highest BCUT2D eigenvalue weighted by Gasteiger charge is 2.29. The third kappa shape index (κ3) is 3.55. The lowest BCUT2D eigenvalue weighted by Gasteiger charge is -2.36. The standard InChI is InChI=1S/C16H26N2/c1-3-13-4-5-15(12-17-2)16(10-13)11-14-6-8-18-9-7-14/h6-9,13,15-17H,3-5,10-12H2,1-2H3. The van der Waals surface area contributed by atoms with Gasteiger partial charge in [0.15, 0.2) is 0 Å². The van der Waals surface area contributed by atoms with Crippen LogP contribution in [-0.4, -0.2) is 18.6 Å². The lowest BCUT2D eigenvalue weighted by Crippen LogP contribution is -2.33. The van der Waals surface area contributed by atoms with E-state index in [4.69, 9.17) is 0 Å². The second-order valence-electron chi connectivity index (χ2n) is 5.72. The highest BCUT2D eigenvalue weighted by Crippen LogP contribution is 2.37. The van der Waals surface area contributed by atoms with Crippen LogP contribution < -0.4 is 5.32 Å². The molecule has 1 aliphatic carbocycles. The Morgan fingerprint density at radius 3 is 2.67 bits per heavy atom. The molecule has 0 saturated heterocycles. The maximum Gasteiger partial charge on any atom is 0.0270 e. The van der Waals surface area contributed by atoms with Crippen LogP contribution in [0.4, 0.5) is 0 Å². The van der Waals surface area contributed by atoms with Gasteiger partial charge in [0.1, 0.15) is 0 Å². The van der Waals surface area contributed by atoms with Crippen LogP contribution in [0, 0.1) is 17.8 Å². The summed E-state index contributed by atoms with van der Waals surface area (Å²) in [5.74, 6) is 2.65. The van der Waals surface area contributed by atoms with E-state index in [1.807, 2.05) is 12.4 Å². The van der Waals surface area contributed by atoms with Crippen LogP contribution >= 0.6 is 0 Å². The molecule has 2 heteroatoms. The fraction of sp³-hybridized carbons (Fsp3) is 0.688. The van der Waals surface area contributed by atoms with Crippen molar-refractivity contribution in [3.8, 4) is 0 Å². The summed E-state index contributed by atoms with van der Waals surface area (Å²) in [6, 6.07) is 4.35. The van der Waals surface area contributed by atoms with Crippen LogP contribution in [-0.2, 0) is 6.42 Å². The van der Waals surface area contributed by atoms with Crippen molar-refractivity contribution in [2.45, 2.75) is 39.0 Å². The van der Waals surface area contributed by atoms with Gasteiger partial charge in [-0.15, -0.1) is 0 Å². The van der Waals surface area contributed by atoms with E-state index >= 15 is 0 Å². The molecule has 1 heterocycles. The third-order valence-electron chi connectivity index (χ3n) is 4.54. The first-order chi connectivity index (χ1) is 8.83. The van der Waals surface area contributed by atoms with Gasteiger partial charge in [-0.2, -0.15) is 0 Å². The third-order valence-corrected chi connectivity index (χ3v) is 4.54. The first-order valence-corrected chi connectivity index (χ1v) is 7.37. The summed E-state index contributed by atoms with van der Waals surface area (Å²) in [4.78, 5) is 4.11. The summed E-state index contributed by atoms with van der Waals surface area (Å²) >= 11 is 0. The highest BCUT2D eigenvalue weighted by molar-refractivity contribution is 5.11. The Hall–Kier alpha value is -0.890. The molecule has 0 amide bonds. The molecule has 1 aliphatic rings. The molecule has 3 atom stereocenters. The number of hydrogen-bond donors (Lipinski definition) is 1. The van der Waals surface area contributed by atoms with E-state index < -0.39 is 0 Å². The fourth-order valence-corrected chi connectivity index (χ4v) is 3.40. The molecule has 2 rings (SSSR count). The molecule has 3 unspecified atom stereocenters. The van der Waals surface area contributed by atoms with Gasteiger partial charge in [0.25, 0.3) is 0 Å². The van der Waals surface area contributed by atoms with Crippen molar-refractivity contribution in [2.24, 2.45) is 17.8 Å². The number of nitrogens with one attached hydrogen (secondary N) is 1. The topological polar surface area (TPSA) is 24.9 Å². The quantitative estimate of drug-likeness (QED) is 0.862. The zero-order valence-electron chi connectivity index (χ0n) is 11.7. The van der Waals surface area contributed by atoms with Crippen LogP contribution in [0.2, 0.25) is 0 Å². The molecule has 0 radical (unpaired) electrons. The second-order valence-corrected chi connectivity index (χ2v) is 5.72. The minimum Gasteiger partial charge on any atom is -0.319 e. The summed E-state index contributed by atoms with van der Waals surface area (Å²) in [5, 5.41) is 3.37. The van der Waals surface area contributed by atoms with Gasteiger partial charge in [0.2, 0.25) is 0 Å². The SMILES string of the molecule is CCC1CCC(CNC)C(Cc2ccncc2)C1. The van der Waals surface area contributed by atoms with E-state index in [-0.39, 0.29) is 0 Å². The smallest absolute Gasteiger partial charge is 0.0270 e. The first kappa shape index (κ1) is 13.5. The van der Waals surface area contributed by atoms with Gasteiger partial charge in [0.05, 0.1) is 0 Å². The van der Waals surface area contributed by atoms with E-state index in [2.05, 4.69) is 36.4 Å². The monoisotopic (exact) mass is 246 g/mol. The second kappa shape index (κ2) is 6.89. The lowest BCUT2D eigenvalue weighted by molar-refractivity contribution is 0.173. The maximum absolute atomic E-state index is 4.11. The maximum atomic E-state index is 4.11. The van der Waals surface area contributed by atoms with Crippen molar-refractivity contribution < 1.29 is 0 Å². The predicted molar refractivity (Wildman–Crippen MR) is 76.5 cm³/mol. The summed E-state index contributed by atoms with van der Waals surface area (Å²) < 4.78 is 0. The van der Waals surface area contributed by atoms with Crippen molar-refractivity contribution in [3.05, 3.63) is 30.1 Å². The van der Waals surface area contributed by atoms with Crippen molar-refractivity contribution in [1.29, 1.82) is 0 Å². The number of pyridine rings is 1. The van der Waals surface area contributed by atoms with Crippen LogP contribution in [0.25, 0.3) is 0 Å². The van der Waals surface area contributed by atoms with Crippen LogP contribution in [0.5, 0.6) is 0 Å². The summed E-state index contributed by atoms with van der Waals surface area (Å²) in [6.07, 6.45) is 10.6. The van der Waals surface area contributed by atoms with E-state index in [0.717, 1.165) is 17.8 Å². The van der Waals surface area contributed by atoms with Gasteiger partial charge in [-0.05, 0) is 68.3 Å². The Balaban J connectivity index is 2.00. The highest BCUT2D eigenvalue weighted by atomic mass is 14.8. The molecule has 1 fully saturated rings. The predicted octanol–water partition coefficient (Wildman–Crippen LogP) is 3.29. The van der Waals surface area contributed by atoms with Crippen molar-refractivity contribution >= 4 is 0 Å². The van der Waals surface area contributed by atoms with Gasteiger partial charge in [-0.1, -0.05) is 19.8 Å². The molecule has 1 aromatic rings. The van der Waals surface area contributed by atoms with Gasteiger partial charge in [-0.3, -0.25) is 4.98 Å². The Morgan fingerprint density at radius 1 is 1.22 bits per heavy atom. The molecule has 0 aliphatic heterocycles. The zero-order valence-corrected chi connectivity index (χ0v) is 11.7. The van der Waals surface area contributed by atoms with E-state index in [0.29, 0.717) is 0 Å². The first-order valence-electron chi connectivity index (χ1n) is 7.37. The Bertz CT molecular complexity index is 336. The summed E-state index contributed by atoms with van der Waals surface area (Å²) in [7, 11) is 2.08. The molecule has 0 bridgehead atoms. The van der Waals surface area contributed by atoms with E-state index in [9.17, 15) is 0 Å². The molecule has 1 saturated carbocycles. The average molecular weight is 246 g/mol. The number of nitrogens with zero attached hydrogens (tertiary/aromatic N) is 1. The van der Waals surface area contributed by atoms with Gasteiger partial charge in [-0.25, -0.2) is 0 Å². The molecule has 2 nitrogen and oxygen atoms in total. The van der Waals surface area contributed by atoms with Gasteiger partial charge >= 0.3 is 0 Å². The molecule has 1 N–H and O–H groups in total. The lowest BCUT2D eigenvalue weighted by atomic mass is 9.71. The molecule has 100 valence electrons. The van der Waals surface area contributed by atoms with E-state index in [1.165, 1.54) is 44.2 Å². The molecular weight excluding hydrogens is 220 g/mol. The molecular formula is C16H26N2. The summed E-state index contributed by atoms with van der Waals surface area (Å²) in [5.41, 5.74) is 1.45. The van der Waals surface area contributed by atoms with Crippen molar-refractivity contribution in [2.75, 3.05) is 13.6 Å². The number of aromatic nitrogens is 1. The average Bonchev–Trinajstić information content (AvgIpc) is 2.42. The van der Waals surface area contributed by atoms with Crippen molar-refractivity contribution in [3.63, 3.8) is 0 Å². The van der Waals surface area contributed by atoms with E-state index in [1.54, 1.807) is 0 Å². The Morgan fingerprint density at radius 2 is 2.00 bits per heavy atom. The molecule has 1 aromatic heterocycles. The summed E-state index contributed by atoms with van der Waals surface area (Å²) in [6.45, 7) is 3.51. The fourth-order valence-electron chi connectivity index (χ4n) is 3.40. The minimum absolute atomic E-state index is 0.846. The molecule has 18 heavy (non-hydrogen) atoms. The van der Waals surface area contributed by atoms with Crippen molar-refractivity contribution in [1.82, 2.24) is 10.3 Å². The Labute approximate surface area is 111 Å². The number of rotatable bonds is 5. The van der Waals surface area contributed by atoms with Crippen LogP contribution in [0.1, 0.15) is 38.2 Å². The van der Waals surface area contributed by atoms with Gasteiger partial charge < -0.3 is 5.32 Å². The largest absolute Gasteiger partial charge is 0.319 e. The minimum atomic E-state index is 0.846. The van der Waals surface area contributed by atoms with Gasteiger partial charge in [0, 0.05) is 12.4 Å². The normalized spacial score (nSPS) is 28.2. The molecule has 0 spiro atoms. The zero-order chi connectivity index (χ0) is 12.8.